The van der Waals surface area contributed by atoms with Crippen LogP contribution in [0.5, 0.6) is 0 Å². The summed E-state index contributed by atoms with van der Waals surface area (Å²) in [5.41, 5.74) is 0. The Labute approximate surface area is 111 Å². The van der Waals surface area contributed by atoms with Crippen LogP contribution in [0.15, 0.2) is 60.7 Å². The van der Waals surface area contributed by atoms with Crippen LogP contribution in [0.2, 0.25) is 0 Å². The molecule has 3 nitrogen and oxygen atoms in total. The van der Waals surface area contributed by atoms with Crippen molar-refractivity contribution in [2.75, 3.05) is 0 Å². The first-order valence-corrected chi connectivity index (χ1v) is 7.13. The van der Waals surface area contributed by atoms with Gasteiger partial charge in [0.05, 0.1) is 0 Å². The summed E-state index contributed by atoms with van der Waals surface area (Å²) in [4.78, 5) is 0. The number of hydrogen-bond acceptors (Lipinski definition) is 3. The third kappa shape index (κ3) is 7.12. The van der Waals surface area contributed by atoms with Crippen LogP contribution in [0.4, 0.5) is 0 Å². The molecular formula is C12H13BIO3-. The Kier molecular flexibility index (Phi) is 6.87. The third-order valence-corrected chi connectivity index (χ3v) is 4.37. The van der Waals surface area contributed by atoms with Crippen LogP contribution < -0.4 is 21.2 Å². The van der Waals surface area contributed by atoms with Gasteiger partial charge in [-0.3, -0.25) is 0 Å². The molecule has 17 heavy (non-hydrogen) atoms. The van der Waals surface area contributed by atoms with Crippen molar-refractivity contribution in [3.63, 3.8) is 0 Å². The number of halogens is 1. The monoisotopic (exact) mass is 343 g/mol. The van der Waals surface area contributed by atoms with Gasteiger partial charge in [0.1, 0.15) is 0 Å². The Morgan fingerprint density at radius 3 is 1.24 bits per heavy atom. The average Bonchev–Trinajstić information content (AvgIpc) is 2.31. The third-order valence-electron chi connectivity index (χ3n) is 1.68. The van der Waals surface area contributed by atoms with Gasteiger partial charge < -0.3 is 15.1 Å². The van der Waals surface area contributed by atoms with Crippen molar-refractivity contribution in [3.05, 3.63) is 67.8 Å². The van der Waals surface area contributed by atoms with Crippen LogP contribution in [-0.4, -0.2) is 22.4 Å². The second-order valence-electron chi connectivity index (χ2n) is 3.03. The van der Waals surface area contributed by atoms with E-state index in [2.05, 4.69) is 60.7 Å². The number of rotatable bonds is 2. The molecule has 0 fully saturated rings. The minimum atomic E-state index is -2.17. The molecule has 0 saturated carbocycles. The molecule has 2 aromatic rings. The van der Waals surface area contributed by atoms with E-state index in [9.17, 15) is 0 Å². The molecule has 2 aromatic carbocycles. The van der Waals surface area contributed by atoms with Crippen LogP contribution in [0.25, 0.3) is 0 Å². The van der Waals surface area contributed by atoms with Crippen LogP contribution in [0.1, 0.15) is 0 Å². The summed E-state index contributed by atoms with van der Waals surface area (Å²) in [7, 11) is -2.17. The van der Waals surface area contributed by atoms with E-state index < -0.39 is 7.32 Å². The van der Waals surface area contributed by atoms with Crippen molar-refractivity contribution >= 4 is 7.32 Å². The van der Waals surface area contributed by atoms with Gasteiger partial charge in [-0.05, 0) is 0 Å². The Morgan fingerprint density at radius 1 is 0.647 bits per heavy atom. The SMILES string of the molecule is OB(O)O.c1ccc([I-]c2ccccc2)cc1. The van der Waals surface area contributed by atoms with Gasteiger partial charge >= 0.3 is 96.3 Å². The van der Waals surface area contributed by atoms with Crippen LogP contribution in [0.3, 0.4) is 0 Å². The first-order chi connectivity index (χ1) is 8.18. The van der Waals surface area contributed by atoms with E-state index in [0.29, 0.717) is 0 Å². The molecule has 0 aliphatic heterocycles. The van der Waals surface area contributed by atoms with E-state index in [1.54, 1.807) is 0 Å². The van der Waals surface area contributed by atoms with E-state index in [4.69, 9.17) is 15.1 Å². The molecule has 0 aliphatic carbocycles. The topological polar surface area (TPSA) is 60.7 Å². The van der Waals surface area contributed by atoms with Crippen molar-refractivity contribution in [3.8, 4) is 0 Å². The zero-order valence-corrected chi connectivity index (χ0v) is 11.2. The van der Waals surface area contributed by atoms with Crippen LogP contribution >= 0.6 is 0 Å². The molecule has 90 valence electrons. The van der Waals surface area contributed by atoms with Gasteiger partial charge in [0.15, 0.2) is 0 Å². The summed E-state index contributed by atoms with van der Waals surface area (Å²) in [5, 5.41) is 21.5. The molecule has 0 heterocycles. The first kappa shape index (κ1) is 14.2. The molecule has 0 saturated heterocycles. The molecule has 0 radical (unpaired) electrons. The summed E-state index contributed by atoms with van der Waals surface area (Å²) < 4.78 is 2.96. The summed E-state index contributed by atoms with van der Waals surface area (Å²) in [6.07, 6.45) is 0. The molecule has 0 amide bonds. The quantitative estimate of drug-likeness (QED) is 0.427. The normalized spacial score (nSPS) is 9.35. The van der Waals surface area contributed by atoms with Gasteiger partial charge in [-0.2, -0.15) is 0 Å². The summed E-state index contributed by atoms with van der Waals surface area (Å²) in [6.45, 7) is 0. The fourth-order valence-electron chi connectivity index (χ4n) is 1.08. The van der Waals surface area contributed by atoms with E-state index in [1.807, 2.05) is 0 Å². The second-order valence-corrected chi connectivity index (χ2v) is 6.06. The Morgan fingerprint density at radius 2 is 0.941 bits per heavy atom. The maximum atomic E-state index is 7.17. The van der Waals surface area contributed by atoms with Crippen molar-refractivity contribution in [1.29, 1.82) is 0 Å². The standard InChI is InChI=1S/C12H10I.BH3O3/c1-3-7-11(8-4-1)13-12-9-5-2-6-10-12;2-1(3)4/h1-10H;2-4H/q-1;. The van der Waals surface area contributed by atoms with E-state index in [1.165, 1.54) is 7.14 Å². The van der Waals surface area contributed by atoms with Gasteiger partial charge in [0, 0.05) is 0 Å². The van der Waals surface area contributed by atoms with Crippen molar-refractivity contribution in [2.24, 2.45) is 0 Å². The first-order valence-electron chi connectivity index (χ1n) is 4.97. The molecular weight excluding hydrogens is 330 g/mol. The molecule has 0 aliphatic rings. The number of hydrogen-bond donors (Lipinski definition) is 3. The van der Waals surface area contributed by atoms with Gasteiger partial charge in [-0.25, -0.2) is 0 Å². The summed E-state index contributed by atoms with van der Waals surface area (Å²) >= 11 is 0.0287. The van der Waals surface area contributed by atoms with Crippen molar-refractivity contribution in [2.45, 2.75) is 0 Å². The fraction of sp³-hybridized carbons (Fsp3) is 0. The molecule has 0 unspecified atom stereocenters. The fourth-order valence-corrected chi connectivity index (χ4v) is 3.35. The van der Waals surface area contributed by atoms with Gasteiger partial charge in [-0.15, -0.1) is 0 Å². The zero-order chi connectivity index (χ0) is 12.5. The predicted octanol–water partition coefficient (Wildman–Crippen LogP) is -2.24. The Hall–Kier alpha value is -0.885. The molecule has 0 aromatic heterocycles. The van der Waals surface area contributed by atoms with E-state index in [0.717, 1.165) is 0 Å². The summed E-state index contributed by atoms with van der Waals surface area (Å²) in [6, 6.07) is 21.4. The van der Waals surface area contributed by atoms with Crippen LogP contribution in [0, 0.1) is 7.14 Å². The molecule has 0 spiro atoms. The van der Waals surface area contributed by atoms with Gasteiger partial charge in [0.25, 0.3) is 0 Å². The van der Waals surface area contributed by atoms with Gasteiger partial charge in [0.2, 0.25) is 0 Å². The van der Waals surface area contributed by atoms with E-state index >= 15 is 0 Å². The molecule has 3 N–H and O–H groups in total. The molecule has 0 atom stereocenters. The second kappa shape index (κ2) is 8.24. The maximum absolute atomic E-state index is 7.17. The van der Waals surface area contributed by atoms with E-state index in [-0.39, 0.29) is 21.2 Å². The summed E-state index contributed by atoms with van der Waals surface area (Å²) in [5.74, 6) is 0. The zero-order valence-electron chi connectivity index (χ0n) is 9.07. The Bertz CT molecular complexity index is 368. The van der Waals surface area contributed by atoms with Crippen molar-refractivity contribution < 1.29 is 36.3 Å². The van der Waals surface area contributed by atoms with Crippen LogP contribution in [-0.2, 0) is 0 Å². The number of benzene rings is 2. The molecule has 0 bridgehead atoms. The average molecular weight is 343 g/mol. The van der Waals surface area contributed by atoms with Gasteiger partial charge in [-0.1, -0.05) is 0 Å². The molecule has 2 rings (SSSR count). The predicted molar refractivity (Wildman–Crippen MR) is 62.7 cm³/mol. The molecule has 5 heteroatoms. The van der Waals surface area contributed by atoms with Crippen molar-refractivity contribution in [1.82, 2.24) is 0 Å². The Balaban J connectivity index is 0.000000317. The minimum absolute atomic E-state index is 0.0287.